The molecule has 0 fully saturated rings. The molecule has 7 nitrogen and oxygen atoms in total. The lowest BCUT2D eigenvalue weighted by Gasteiger charge is -2.08. The van der Waals surface area contributed by atoms with E-state index >= 15 is 0 Å². The van der Waals surface area contributed by atoms with Crippen LogP contribution in [0.4, 0.5) is 0 Å². The van der Waals surface area contributed by atoms with Crippen LogP contribution in [0, 0.1) is 0 Å². The van der Waals surface area contributed by atoms with E-state index in [1.165, 1.54) is 0 Å². The first kappa shape index (κ1) is 22.0. The van der Waals surface area contributed by atoms with Crippen LogP contribution in [0.15, 0.2) is 72.5 Å². The summed E-state index contributed by atoms with van der Waals surface area (Å²) in [7, 11) is 3.10. The maximum atomic E-state index is 12.7. The van der Waals surface area contributed by atoms with Crippen molar-refractivity contribution in [2.24, 2.45) is 0 Å². The fraction of sp³-hybridized carbons (Fsp3) is 0.154. The normalized spacial score (nSPS) is 13.3. The molecule has 0 unspecified atom stereocenters. The third kappa shape index (κ3) is 5.15. The minimum Gasteiger partial charge on any atom is -0.493 e. The summed E-state index contributed by atoms with van der Waals surface area (Å²) in [5, 5.41) is 0. The van der Waals surface area contributed by atoms with Gasteiger partial charge in [-0.25, -0.2) is 4.79 Å². The Morgan fingerprint density at radius 2 is 1.73 bits per heavy atom. The van der Waals surface area contributed by atoms with Crippen molar-refractivity contribution < 1.29 is 33.3 Å². The number of benzene rings is 3. The van der Waals surface area contributed by atoms with Gasteiger partial charge in [0.15, 0.2) is 23.9 Å². The number of esters is 1. The predicted octanol–water partition coefficient (Wildman–Crippen LogP) is 4.44. The Morgan fingerprint density at radius 1 is 0.939 bits per heavy atom. The van der Waals surface area contributed by atoms with E-state index in [2.05, 4.69) is 0 Å². The monoisotopic (exact) mass is 446 g/mol. The minimum absolute atomic E-state index is 0.176. The summed E-state index contributed by atoms with van der Waals surface area (Å²) in [4.78, 5) is 24.7. The number of methoxy groups -OCH3 is 2. The molecule has 3 aromatic carbocycles. The van der Waals surface area contributed by atoms with Crippen LogP contribution in [-0.4, -0.2) is 32.6 Å². The number of ether oxygens (including phenoxy) is 5. The van der Waals surface area contributed by atoms with Gasteiger partial charge in [0.1, 0.15) is 18.1 Å². The largest absolute Gasteiger partial charge is 0.493 e. The van der Waals surface area contributed by atoms with Crippen molar-refractivity contribution in [1.82, 2.24) is 0 Å². The fourth-order valence-electron chi connectivity index (χ4n) is 3.27. The zero-order chi connectivity index (χ0) is 23.2. The van der Waals surface area contributed by atoms with Crippen LogP contribution >= 0.6 is 0 Å². The van der Waals surface area contributed by atoms with E-state index in [1.54, 1.807) is 56.7 Å². The third-order valence-corrected chi connectivity index (χ3v) is 4.95. The van der Waals surface area contributed by atoms with Crippen LogP contribution in [0.5, 0.6) is 23.0 Å². The number of ketones is 1. The summed E-state index contributed by atoms with van der Waals surface area (Å²) in [5.74, 6) is 1.33. The van der Waals surface area contributed by atoms with E-state index in [1.807, 2.05) is 30.3 Å². The molecule has 4 rings (SSSR count). The lowest BCUT2D eigenvalue weighted by atomic mass is 10.1. The molecule has 0 radical (unpaired) electrons. The number of allylic oxidation sites excluding steroid dienone is 1. The molecule has 1 aliphatic heterocycles. The van der Waals surface area contributed by atoms with Crippen LogP contribution in [0.2, 0.25) is 0 Å². The number of rotatable bonds is 8. The van der Waals surface area contributed by atoms with Gasteiger partial charge in [-0.3, -0.25) is 4.79 Å². The molecule has 168 valence electrons. The van der Waals surface area contributed by atoms with Gasteiger partial charge < -0.3 is 23.7 Å². The molecule has 33 heavy (non-hydrogen) atoms. The Balaban J connectivity index is 1.39. The van der Waals surface area contributed by atoms with E-state index in [4.69, 9.17) is 23.7 Å². The van der Waals surface area contributed by atoms with E-state index in [0.29, 0.717) is 28.6 Å². The first-order valence-corrected chi connectivity index (χ1v) is 10.2. The molecule has 0 saturated heterocycles. The summed E-state index contributed by atoms with van der Waals surface area (Å²) < 4.78 is 27.0. The van der Waals surface area contributed by atoms with Gasteiger partial charge in [0.05, 0.1) is 19.8 Å². The van der Waals surface area contributed by atoms with Gasteiger partial charge in [0.2, 0.25) is 5.78 Å². The molecule has 0 saturated carbocycles. The molecule has 0 spiro atoms. The molecular formula is C26H22O7. The van der Waals surface area contributed by atoms with E-state index in [9.17, 15) is 9.59 Å². The molecule has 0 aliphatic carbocycles. The topological polar surface area (TPSA) is 80.3 Å². The maximum Gasteiger partial charge on any atom is 0.344 e. The van der Waals surface area contributed by atoms with Crippen LogP contribution in [0.25, 0.3) is 6.08 Å². The number of fused-ring (bicyclic) bond motifs is 1. The van der Waals surface area contributed by atoms with Crippen molar-refractivity contribution in [2.75, 3.05) is 20.8 Å². The zero-order valence-corrected chi connectivity index (χ0v) is 18.2. The number of Topliss-reactive ketones (excluding diaryl/α,β-unsaturated/α-hetero) is 1. The summed E-state index contributed by atoms with van der Waals surface area (Å²) in [6.07, 6.45) is 1.63. The molecule has 3 aromatic rings. The maximum absolute atomic E-state index is 12.7. The van der Waals surface area contributed by atoms with Crippen molar-refractivity contribution >= 4 is 17.8 Å². The Hall–Kier alpha value is -4.26. The SMILES string of the molecule is COc1ccc(/C=C2\Oc3cc(OCC(=O)OCc4ccccc4)ccc3C2=O)cc1OC. The van der Waals surface area contributed by atoms with Crippen LogP contribution in [0.3, 0.4) is 0 Å². The second kappa shape index (κ2) is 9.91. The Morgan fingerprint density at radius 3 is 2.48 bits per heavy atom. The molecule has 1 aliphatic rings. The fourth-order valence-corrected chi connectivity index (χ4v) is 3.27. The van der Waals surface area contributed by atoms with Gasteiger partial charge in [-0.15, -0.1) is 0 Å². The van der Waals surface area contributed by atoms with Crippen LogP contribution in [-0.2, 0) is 16.1 Å². The number of hydrogen-bond acceptors (Lipinski definition) is 7. The molecule has 0 amide bonds. The van der Waals surface area contributed by atoms with Gasteiger partial charge in [-0.05, 0) is 41.5 Å². The second-order valence-corrected chi connectivity index (χ2v) is 7.15. The van der Waals surface area contributed by atoms with Gasteiger partial charge in [0, 0.05) is 6.07 Å². The Bertz CT molecular complexity index is 1200. The van der Waals surface area contributed by atoms with Crippen LogP contribution in [0.1, 0.15) is 21.5 Å². The van der Waals surface area contributed by atoms with Gasteiger partial charge in [-0.1, -0.05) is 36.4 Å². The summed E-state index contributed by atoms with van der Waals surface area (Å²) in [5.41, 5.74) is 2.03. The number of carbonyl (C=O) groups excluding carboxylic acids is 2. The molecule has 1 heterocycles. The summed E-state index contributed by atoms with van der Waals surface area (Å²) in [6, 6.07) is 19.5. The van der Waals surface area contributed by atoms with Crippen molar-refractivity contribution in [2.45, 2.75) is 6.61 Å². The molecule has 0 N–H and O–H groups in total. The number of hydrogen-bond donors (Lipinski definition) is 0. The molecule has 0 bridgehead atoms. The predicted molar refractivity (Wildman–Crippen MR) is 121 cm³/mol. The molecular weight excluding hydrogens is 424 g/mol. The highest BCUT2D eigenvalue weighted by molar-refractivity contribution is 6.14. The average Bonchev–Trinajstić information content (AvgIpc) is 3.16. The van der Waals surface area contributed by atoms with Crippen molar-refractivity contribution in [3.8, 4) is 23.0 Å². The van der Waals surface area contributed by atoms with Gasteiger partial charge in [-0.2, -0.15) is 0 Å². The molecule has 7 heteroatoms. The standard InChI is InChI=1S/C26H22O7/c1-29-21-11-8-18(12-23(21)30-2)13-24-26(28)20-10-9-19(14-22(20)33-24)31-16-25(27)32-15-17-6-4-3-5-7-17/h3-14H,15-16H2,1-2H3/b24-13-. The first-order valence-electron chi connectivity index (χ1n) is 10.2. The van der Waals surface area contributed by atoms with Gasteiger partial charge in [0.25, 0.3) is 0 Å². The summed E-state index contributed by atoms with van der Waals surface area (Å²) in [6.45, 7) is -0.0803. The number of carbonyl (C=O) groups is 2. The lowest BCUT2D eigenvalue weighted by Crippen LogP contribution is -2.14. The quantitative estimate of drug-likeness (QED) is 0.374. The average molecular weight is 446 g/mol. The first-order chi connectivity index (χ1) is 16.1. The minimum atomic E-state index is -0.495. The zero-order valence-electron chi connectivity index (χ0n) is 18.2. The third-order valence-electron chi connectivity index (χ3n) is 4.95. The lowest BCUT2D eigenvalue weighted by molar-refractivity contribution is -0.147. The van der Waals surface area contributed by atoms with E-state index < -0.39 is 5.97 Å². The van der Waals surface area contributed by atoms with Crippen LogP contribution < -0.4 is 18.9 Å². The van der Waals surface area contributed by atoms with Crippen molar-refractivity contribution in [1.29, 1.82) is 0 Å². The van der Waals surface area contributed by atoms with Gasteiger partial charge >= 0.3 is 5.97 Å². The molecule has 0 aromatic heterocycles. The summed E-state index contributed by atoms with van der Waals surface area (Å²) >= 11 is 0. The molecule has 0 atom stereocenters. The Labute approximate surface area is 191 Å². The second-order valence-electron chi connectivity index (χ2n) is 7.15. The van der Waals surface area contributed by atoms with E-state index in [0.717, 1.165) is 11.1 Å². The highest BCUT2D eigenvalue weighted by Crippen LogP contribution is 2.36. The Kier molecular flexibility index (Phi) is 6.59. The smallest absolute Gasteiger partial charge is 0.344 e. The van der Waals surface area contributed by atoms with E-state index in [-0.39, 0.29) is 24.8 Å². The highest BCUT2D eigenvalue weighted by Gasteiger charge is 2.28. The highest BCUT2D eigenvalue weighted by atomic mass is 16.6. The van der Waals surface area contributed by atoms with Crippen molar-refractivity contribution in [3.63, 3.8) is 0 Å². The van der Waals surface area contributed by atoms with Crippen molar-refractivity contribution in [3.05, 3.63) is 89.2 Å².